The molecule has 5 rings (SSSR count). The van der Waals surface area contributed by atoms with E-state index in [9.17, 15) is 13.2 Å². The maximum absolute atomic E-state index is 13.1. The lowest BCUT2D eigenvalue weighted by molar-refractivity contribution is -0.137. The van der Waals surface area contributed by atoms with Gasteiger partial charge in [0.25, 0.3) is 0 Å². The fourth-order valence-electron chi connectivity index (χ4n) is 3.50. The number of aromatic nitrogens is 4. The number of nitrogens with zero attached hydrogens (tertiary/aromatic N) is 2. The number of fused-ring (bicyclic) bond motifs is 2. The number of pyridine rings is 1. The van der Waals surface area contributed by atoms with E-state index in [1.165, 1.54) is 6.07 Å². The largest absolute Gasteiger partial charge is 0.416 e. The Kier molecular flexibility index (Phi) is 3.64. The van der Waals surface area contributed by atoms with Crippen LogP contribution < -0.4 is 5.73 Å². The highest BCUT2D eigenvalue weighted by Crippen LogP contribution is 2.35. The van der Waals surface area contributed by atoms with Crippen molar-refractivity contribution < 1.29 is 13.2 Å². The van der Waals surface area contributed by atoms with Crippen LogP contribution >= 0.6 is 0 Å². The first-order valence-electron chi connectivity index (χ1n) is 8.79. The zero-order valence-electron chi connectivity index (χ0n) is 14.9. The van der Waals surface area contributed by atoms with Gasteiger partial charge < -0.3 is 10.7 Å². The van der Waals surface area contributed by atoms with Gasteiger partial charge in [-0.05, 0) is 53.1 Å². The van der Waals surface area contributed by atoms with Crippen molar-refractivity contribution in [2.24, 2.45) is 0 Å². The van der Waals surface area contributed by atoms with E-state index in [-0.39, 0.29) is 0 Å². The van der Waals surface area contributed by atoms with Crippen LogP contribution in [0.4, 0.5) is 19.0 Å². The van der Waals surface area contributed by atoms with Crippen molar-refractivity contribution in [2.45, 2.75) is 6.18 Å². The van der Waals surface area contributed by atoms with Crippen molar-refractivity contribution in [3.8, 4) is 22.4 Å². The molecule has 8 heteroatoms. The van der Waals surface area contributed by atoms with Crippen LogP contribution in [0.2, 0.25) is 0 Å². The number of hydrogen-bond donors (Lipinski definition) is 3. The average molecular weight is 393 g/mol. The van der Waals surface area contributed by atoms with Crippen molar-refractivity contribution in [1.82, 2.24) is 20.2 Å². The normalized spacial score (nSPS) is 12.1. The molecule has 0 saturated heterocycles. The van der Waals surface area contributed by atoms with Gasteiger partial charge in [0, 0.05) is 22.7 Å². The summed E-state index contributed by atoms with van der Waals surface area (Å²) < 4.78 is 39.2. The quantitative estimate of drug-likeness (QED) is 0.377. The Labute approximate surface area is 162 Å². The summed E-state index contributed by atoms with van der Waals surface area (Å²) >= 11 is 0. The van der Waals surface area contributed by atoms with Gasteiger partial charge in [-0.3, -0.25) is 5.10 Å². The Morgan fingerprint density at radius 2 is 1.76 bits per heavy atom. The highest BCUT2D eigenvalue weighted by molar-refractivity contribution is 5.99. The third kappa shape index (κ3) is 2.89. The fourth-order valence-corrected chi connectivity index (χ4v) is 3.50. The first-order chi connectivity index (χ1) is 13.9. The van der Waals surface area contributed by atoms with Crippen LogP contribution in [0.5, 0.6) is 0 Å². The van der Waals surface area contributed by atoms with Gasteiger partial charge in [0.2, 0.25) is 0 Å². The van der Waals surface area contributed by atoms with Gasteiger partial charge in [-0.1, -0.05) is 18.2 Å². The minimum Gasteiger partial charge on any atom is -0.382 e. The van der Waals surface area contributed by atoms with E-state index in [1.54, 1.807) is 12.3 Å². The van der Waals surface area contributed by atoms with E-state index in [0.29, 0.717) is 22.7 Å². The summed E-state index contributed by atoms with van der Waals surface area (Å²) in [6.45, 7) is 0. The number of aromatic amines is 2. The average Bonchev–Trinajstić information content (AvgIpc) is 3.31. The Balaban J connectivity index is 1.66. The molecule has 0 radical (unpaired) electrons. The monoisotopic (exact) mass is 393 g/mol. The molecule has 144 valence electrons. The van der Waals surface area contributed by atoms with Gasteiger partial charge >= 0.3 is 6.18 Å². The number of nitrogens with one attached hydrogen (secondary N) is 2. The van der Waals surface area contributed by atoms with Gasteiger partial charge in [0.05, 0.1) is 11.1 Å². The highest BCUT2D eigenvalue weighted by Gasteiger charge is 2.30. The van der Waals surface area contributed by atoms with Gasteiger partial charge in [-0.2, -0.15) is 18.3 Å². The first-order valence-corrected chi connectivity index (χ1v) is 8.79. The number of nitrogens with two attached hydrogens (primary N) is 1. The van der Waals surface area contributed by atoms with Crippen molar-refractivity contribution in [3.05, 3.63) is 66.4 Å². The number of rotatable bonds is 2. The molecule has 0 amide bonds. The van der Waals surface area contributed by atoms with Crippen LogP contribution in [0.1, 0.15) is 5.56 Å². The van der Waals surface area contributed by atoms with Crippen LogP contribution in [0, 0.1) is 0 Å². The Bertz CT molecular complexity index is 1360. The van der Waals surface area contributed by atoms with Gasteiger partial charge in [-0.25, -0.2) is 4.98 Å². The van der Waals surface area contributed by atoms with E-state index < -0.39 is 11.7 Å². The predicted molar refractivity (Wildman–Crippen MR) is 106 cm³/mol. The number of H-pyrrole nitrogens is 2. The fraction of sp³-hybridized carbons (Fsp3) is 0.0476. The van der Waals surface area contributed by atoms with Crippen LogP contribution in [0.3, 0.4) is 0 Å². The molecule has 0 saturated carbocycles. The second-order valence-corrected chi connectivity index (χ2v) is 6.75. The lowest BCUT2D eigenvalue weighted by atomic mass is 10.0. The molecular weight excluding hydrogens is 379 g/mol. The Morgan fingerprint density at radius 3 is 2.59 bits per heavy atom. The number of alkyl halides is 3. The Morgan fingerprint density at radius 1 is 0.897 bits per heavy atom. The summed E-state index contributed by atoms with van der Waals surface area (Å²) in [5, 5.41) is 8.48. The maximum atomic E-state index is 13.1. The molecule has 0 aliphatic heterocycles. The predicted octanol–water partition coefficient (Wildman–Crippen LogP) is 5.37. The number of benzene rings is 2. The van der Waals surface area contributed by atoms with E-state index in [0.717, 1.165) is 39.5 Å². The molecule has 0 spiro atoms. The summed E-state index contributed by atoms with van der Waals surface area (Å²) in [5.74, 6) is 0.408. The van der Waals surface area contributed by atoms with Crippen molar-refractivity contribution in [3.63, 3.8) is 0 Å². The second-order valence-electron chi connectivity index (χ2n) is 6.75. The first kappa shape index (κ1) is 17.3. The highest BCUT2D eigenvalue weighted by atomic mass is 19.4. The topological polar surface area (TPSA) is 83.4 Å². The van der Waals surface area contributed by atoms with Crippen LogP contribution in [0.15, 0.2) is 60.8 Å². The molecule has 0 atom stereocenters. The molecule has 4 N–H and O–H groups in total. The smallest absolute Gasteiger partial charge is 0.382 e. The van der Waals surface area contributed by atoms with E-state index in [1.807, 2.05) is 30.3 Å². The summed E-state index contributed by atoms with van der Waals surface area (Å²) in [5.41, 5.74) is 9.46. The molecule has 3 aromatic heterocycles. The lowest BCUT2D eigenvalue weighted by Crippen LogP contribution is -2.04. The van der Waals surface area contributed by atoms with Gasteiger partial charge in [0.1, 0.15) is 5.65 Å². The van der Waals surface area contributed by atoms with E-state index >= 15 is 0 Å². The summed E-state index contributed by atoms with van der Waals surface area (Å²) in [6, 6.07) is 14.7. The van der Waals surface area contributed by atoms with Crippen molar-refractivity contribution in [2.75, 3.05) is 5.73 Å². The molecule has 0 aliphatic rings. The lowest BCUT2D eigenvalue weighted by Gasteiger charge is -2.07. The third-order valence-electron chi connectivity index (χ3n) is 4.94. The molecule has 5 nitrogen and oxygen atoms in total. The minimum absolute atomic E-state index is 0.408. The SMILES string of the molecule is Nc1n[nH]c2ccc(-c3ccnc4[nH]c(-c5cccc(C(F)(F)F)c5)cc34)cc12. The number of hydrogen-bond acceptors (Lipinski definition) is 3. The minimum atomic E-state index is -4.40. The third-order valence-corrected chi connectivity index (χ3v) is 4.94. The molecule has 2 aromatic carbocycles. The summed E-state index contributed by atoms with van der Waals surface area (Å²) in [6.07, 6.45) is -2.74. The Hall–Kier alpha value is -3.81. The number of halogens is 3. The molecule has 29 heavy (non-hydrogen) atoms. The molecule has 0 unspecified atom stereocenters. The second kappa shape index (κ2) is 6.10. The van der Waals surface area contributed by atoms with Crippen molar-refractivity contribution >= 4 is 27.8 Å². The van der Waals surface area contributed by atoms with E-state index in [2.05, 4.69) is 20.2 Å². The molecule has 0 fully saturated rings. The van der Waals surface area contributed by atoms with Crippen LogP contribution in [-0.2, 0) is 6.18 Å². The standard InChI is InChI=1S/C21H14F3N5/c22-21(23,24)13-3-1-2-12(8-13)18-10-15-14(6-7-26-20(15)27-18)11-4-5-17-16(9-11)19(25)29-28-17/h1-10H,(H,26,27)(H3,25,28,29). The van der Waals surface area contributed by atoms with Crippen LogP contribution in [0.25, 0.3) is 44.3 Å². The molecule has 3 heterocycles. The number of anilines is 1. The number of nitrogen functional groups attached to an aromatic ring is 1. The molecule has 5 aromatic rings. The molecular formula is C21H14F3N5. The zero-order valence-corrected chi connectivity index (χ0v) is 14.9. The van der Waals surface area contributed by atoms with Crippen LogP contribution in [-0.4, -0.2) is 20.2 Å². The maximum Gasteiger partial charge on any atom is 0.416 e. The van der Waals surface area contributed by atoms with E-state index in [4.69, 9.17) is 5.73 Å². The zero-order chi connectivity index (χ0) is 20.2. The summed E-state index contributed by atoms with van der Waals surface area (Å²) in [7, 11) is 0. The van der Waals surface area contributed by atoms with Crippen molar-refractivity contribution in [1.29, 1.82) is 0 Å². The molecule has 0 bridgehead atoms. The molecule has 0 aliphatic carbocycles. The van der Waals surface area contributed by atoms with Gasteiger partial charge in [0.15, 0.2) is 5.82 Å². The van der Waals surface area contributed by atoms with Gasteiger partial charge in [-0.15, -0.1) is 0 Å². The summed E-state index contributed by atoms with van der Waals surface area (Å²) in [4.78, 5) is 7.46.